The predicted molar refractivity (Wildman–Crippen MR) is 100 cm³/mol. The first kappa shape index (κ1) is 16.4. The van der Waals surface area contributed by atoms with Crippen LogP contribution in [0, 0.1) is 6.92 Å². The number of aromatic nitrogens is 2. The molecular weight excluding hydrogens is 296 g/mol. The number of fused-ring (bicyclic) bond motifs is 1. The Hall–Kier alpha value is -2.46. The first-order chi connectivity index (χ1) is 11.6. The van der Waals surface area contributed by atoms with Crippen LogP contribution in [0.4, 0.5) is 5.82 Å². The van der Waals surface area contributed by atoms with E-state index in [9.17, 15) is 0 Å². The summed E-state index contributed by atoms with van der Waals surface area (Å²) in [5, 5.41) is 1.12. The molecule has 24 heavy (non-hydrogen) atoms. The monoisotopic (exact) mass is 320 g/mol. The fourth-order valence-corrected chi connectivity index (χ4v) is 2.79. The number of anilines is 1. The summed E-state index contributed by atoms with van der Waals surface area (Å²) in [6.07, 6.45) is 1.67. The summed E-state index contributed by atoms with van der Waals surface area (Å²) in [6.45, 7) is 4.85. The Balaban J connectivity index is 1.99. The molecule has 3 aromatic rings. The van der Waals surface area contributed by atoms with Crippen molar-refractivity contribution in [3.05, 3.63) is 66.0 Å². The summed E-state index contributed by atoms with van der Waals surface area (Å²) >= 11 is 0. The van der Waals surface area contributed by atoms with Gasteiger partial charge in [-0.2, -0.15) is 0 Å². The molecule has 0 saturated carbocycles. The van der Waals surface area contributed by atoms with Crippen molar-refractivity contribution in [1.82, 2.24) is 14.9 Å². The number of benzene rings is 2. The molecule has 0 aliphatic rings. The molecule has 4 nitrogen and oxygen atoms in total. The topological polar surface area (TPSA) is 32.3 Å². The normalized spacial score (nSPS) is 11.2. The lowest BCUT2D eigenvalue weighted by atomic mass is 10.1. The quantitative estimate of drug-likeness (QED) is 0.696. The van der Waals surface area contributed by atoms with E-state index in [4.69, 9.17) is 0 Å². The lowest BCUT2D eigenvalue weighted by Gasteiger charge is -2.26. The average molecular weight is 320 g/mol. The molecule has 0 aliphatic carbocycles. The van der Waals surface area contributed by atoms with E-state index in [2.05, 4.69) is 89.3 Å². The van der Waals surface area contributed by atoms with Crippen LogP contribution in [0.2, 0.25) is 0 Å². The fraction of sp³-hybridized carbons (Fsp3) is 0.300. The SMILES string of the molecule is Cc1ccc2ncnc(N(CCN(C)C)Cc3ccccc3)c2c1. The van der Waals surface area contributed by atoms with Gasteiger partial charge in [0, 0.05) is 25.0 Å². The van der Waals surface area contributed by atoms with Crippen molar-refractivity contribution in [3.8, 4) is 0 Å². The molecule has 3 rings (SSSR count). The highest BCUT2D eigenvalue weighted by molar-refractivity contribution is 5.89. The zero-order valence-corrected chi connectivity index (χ0v) is 14.6. The van der Waals surface area contributed by atoms with Gasteiger partial charge >= 0.3 is 0 Å². The molecule has 1 heterocycles. The average Bonchev–Trinajstić information content (AvgIpc) is 2.59. The number of likely N-dealkylation sites (N-methyl/N-ethyl adjacent to an activating group) is 1. The molecule has 0 amide bonds. The van der Waals surface area contributed by atoms with Crippen LogP contribution in [0.3, 0.4) is 0 Å². The highest BCUT2D eigenvalue weighted by Crippen LogP contribution is 2.25. The second-order valence-electron chi connectivity index (χ2n) is 6.43. The van der Waals surface area contributed by atoms with E-state index in [0.717, 1.165) is 36.4 Å². The minimum atomic E-state index is 0.842. The Kier molecular flexibility index (Phi) is 5.06. The zero-order valence-electron chi connectivity index (χ0n) is 14.6. The standard InChI is InChI=1S/C20H24N4/c1-16-9-10-19-18(13-16)20(22-15-21-19)24(12-11-23(2)3)14-17-7-5-4-6-8-17/h4-10,13,15H,11-12,14H2,1-3H3. The lowest BCUT2D eigenvalue weighted by molar-refractivity contribution is 0.412. The van der Waals surface area contributed by atoms with E-state index >= 15 is 0 Å². The van der Waals surface area contributed by atoms with Crippen molar-refractivity contribution in [2.24, 2.45) is 0 Å². The van der Waals surface area contributed by atoms with Crippen LogP contribution in [0.1, 0.15) is 11.1 Å². The third-order valence-electron chi connectivity index (χ3n) is 4.10. The molecule has 0 bridgehead atoms. The van der Waals surface area contributed by atoms with Crippen LogP contribution >= 0.6 is 0 Å². The highest BCUT2D eigenvalue weighted by atomic mass is 15.2. The van der Waals surface area contributed by atoms with E-state index in [0.29, 0.717) is 0 Å². The first-order valence-corrected chi connectivity index (χ1v) is 8.28. The van der Waals surface area contributed by atoms with Gasteiger partial charge in [0.05, 0.1) is 5.52 Å². The largest absolute Gasteiger partial charge is 0.350 e. The molecule has 1 aromatic heterocycles. The van der Waals surface area contributed by atoms with Gasteiger partial charge in [-0.25, -0.2) is 9.97 Å². The summed E-state index contributed by atoms with van der Waals surface area (Å²) in [6, 6.07) is 16.9. The molecule has 0 saturated heterocycles. The van der Waals surface area contributed by atoms with Crippen molar-refractivity contribution < 1.29 is 0 Å². The van der Waals surface area contributed by atoms with E-state index in [1.54, 1.807) is 6.33 Å². The summed E-state index contributed by atoms with van der Waals surface area (Å²) in [4.78, 5) is 13.6. The third-order valence-corrected chi connectivity index (χ3v) is 4.10. The van der Waals surface area contributed by atoms with Gasteiger partial charge in [0.2, 0.25) is 0 Å². The summed E-state index contributed by atoms with van der Waals surface area (Å²) in [5.41, 5.74) is 3.51. The van der Waals surface area contributed by atoms with Crippen LogP contribution in [-0.2, 0) is 6.54 Å². The van der Waals surface area contributed by atoms with Crippen LogP contribution in [0.15, 0.2) is 54.9 Å². The van der Waals surface area contributed by atoms with Crippen LogP contribution in [-0.4, -0.2) is 42.1 Å². The van der Waals surface area contributed by atoms with Crippen molar-refractivity contribution >= 4 is 16.7 Å². The Bertz CT molecular complexity index is 799. The van der Waals surface area contributed by atoms with Crippen molar-refractivity contribution in [2.75, 3.05) is 32.1 Å². The zero-order chi connectivity index (χ0) is 16.9. The maximum atomic E-state index is 4.62. The summed E-state index contributed by atoms with van der Waals surface area (Å²) in [5.74, 6) is 1.01. The van der Waals surface area contributed by atoms with Crippen molar-refractivity contribution in [1.29, 1.82) is 0 Å². The van der Waals surface area contributed by atoms with Crippen molar-refractivity contribution in [3.63, 3.8) is 0 Å². The molecule has 4 heteroatoms. The second kappa shape index (κ2) is 7.41. The number of rotatable bonds is 6. The molecule has 0 atom stereocenters. The fourth-order valence-electron chi connectivity index (χ4n) is 2.79. The number of hydrogen-bond acceptors (Lipinski definition) is 4. The molecule has 0 N–H and O–H groups in total. The molecule has 2 aromatic carbocycles. The second-order valence-corrected chi connectivity index (χ2v) is 6.43. The molecule has 0 fully saturated rings. The number of aryl methyl sites for hydroxylation is 1. The van der Waals surface area contributed by atoms with E-state index in [1.807, 2.05) is 0 Å². The van der Waals surface area contributed by atoms with Crippen LogP contribution < -0.4 is 4.90 Å². The summed E-state index contributed by atoms with van der Waals surface area (Å²) < 4.78 is 0. The summed E-state index contributed by atoms with van der Waals surface area (Å²) in [7, 11) is 4.20. The molecule has 0 aliphatic heterocycles. The number of nitrogens with zero attached hydrogens (tertiary/aromatic N) is 4. The van der Waals surface area contributed by atoms with Crippen LogP contribution in [0.5, 0.6) is 0 Å². The highest BCUT2D eigenvalue weighted by Gasteiger charge is 2.13. The third kappa shape index (κ3) is 3.89. The molecule has 0 spiro atoms. The Morgan fingerprint density at radius 1 is 0.917 bits per heavy atom. The van der Waals surface area contributed by atoms with E-state index < -0.39 is 0 Å². The van der Waals surface area contributed by atoms with Crippen molar-refractivity contribution in [2.45, 2.75) is 13.5 Å². The molecular formula is C20H24N4. The van der Waals surface area contributed by atoms with E-state index in [-0.39, 0.29) is 0 Å². The molecule has 0 radical (unpaired) electrons. The van der Waals surface area contributed by atoms with Gasteiger partial charge in [-0.15, -0.1) is 0 Å². The van der Waals surface area contributed by atoms with Gasteiger partial charge in [-0.1, -0.05) is 42.0 Å². The Morgan fingerprint density at radius 3 is 2.46 bits per heavy atom. The maximum Gasteiger partial charge on any atom is 0.140 e. The van der Waals surface area contributed by atoms with E-state index in [1.165, 1.54) is 11.1 Å². The van der Waals surface area contributed by atoms with Gasteiger partial charge in [0.15, 0.2) is 0 Å². The van der Waals surface area contributed by atoms with Gasteiger partial charge in [0.25, 0.3) is 0 Å². The van der Waals surface area contributed by atoms with Gasteiger partial charge < -0.3 is 9.80 Å². The molecule has 0 unspecified atom stereocenters. The Labute approximate surface area is 143 Å². The van der Waals surface area contributed by atoms with Gasteiger partial charge in [0.1, 0.15) is 12.1 Å². The maximum absolute atomic E-state index is 4.62. The Morgan fingerprint density at radius 2 is 1.71 bits per heavy atom. The minimum absolute atomic E-state index is 0.842. The van der Waals surface area contributed by atoms with Gasteiger partial charge in [-0.05, 0) is 38.7 Å². The molecule has 124 valence electrons. The van der Waals surface area contributed by atoms with Crippen LogP contribution in [0.25, 0.3) is 10.9 Å². The minimum Gasteiger partial charge on any atom is -0.350 e. The number of hydrogen-bond donors (Lipinski definition) is 0. The lowest BCUT2D eigenvalue weighted by Crippen LogP contribution is -2.32. The predicted octanol–water partition coefficient (Wildman–Crippen LogP) is 3.51. The van der Waals surface area contributed by atoms with Gasteiger partial charge in [-0.3, -0.25) is 0 Å². The smallest absolute Gasteiger partial charge is 0.140 e. The first-order valence-electron chi connectivity index (χ1n) is 8.28.